The van der Waals surface area contributed by atoms with Crippen LogP contribution in [0.5, 0.6) is 17.2 Å². The number of hydrogen-bond donors (Lipinski definition) is 0. The smallest absolute Gasteiger partial charge is 0.269 e. The van der Waals surface area contributed by atoms with E-state index in [1.54, 1.807) is 12.1 Å². The van der Waals surface area contributed by atoms with E-state index in [-0.39, 0.29) is 5.69 Å². The SMILES string of the molecule is O=[N+]([O-])c1ccc(OCc2cc3c(cc2Br)OCCO3)cc1. The van der Waals surface area contributed by atoms with E-state index in [9.17, 15) is 10.1 Å². The van der Waals surface area contributed by atoms with Gasteiger partial charge in [-0.25, -0.2) is 0 Å². The minimum atomic E-state index is -0.443. The van der Waals surface area contributed by atoms with Crippen LogP contribution in [0.3, 0.4) is 0 Å². The molecule has 0 aromatic heterocycles. The molecule has 0 saturated heterocycles. The fraction of sp³-hybridized carbons (Fsp3) is 0.200. The Morgan fingerprint density at radius 1 is 1.14 bits per heavy atom. The van der Waals surface area contributed by atoms with Crippen molar-refractivity contribution in [2.24, 2.45) is 0 Å². The van der Waals surface area contributed by atoms with Gasteiger partial charge in [-0.1, -0.05) is 15.9 Å². The van der Waals surface area contributed by atoms with Crippen LogP contribution in [-0.2, 0) is 6.61 Å². The van der Waals surface area contributed by atoms with Gasteiger partial charge in [-0.3, -0.25) is 10.1 Å². The van der Waals surface area contributed by atoms with Crippen LogP contribution >= 0.6 is 15.9 Å². The summed E-state index contributed by atoms with van der Waals surface area (Å²) in [7, 11) is 0. The molecule has 6 nitrogen and oxygen atoms in total. The van der Waals surface area contributed by atoms with Crippen molar-refractivity contribution in [3.8, 4) is 17.2 Å². The fourth-order valence-corrected chi connectivity index (χ4v) is 2.48. The van der Waals surface area contributed by atoms with E-state index in [2.05, 4.69) is 15.9 Å². The van der Waals surface area contributed by atoms with Crippen molar-refractivity contribution in [2.45, 2.75) is 6.61 Å². The maximum atomic E-state index is 10.6. The van der Waals surface area contributed by atoms with E-state index in [1.165, 1.54) is 12.1 Å². The molecule has 0 amide bonds. The summed E-state index contributed by atoms with van der Waals surface area (Å²) in [5.41, 5.74) is 0.940. The predicted octanol–water partition coefficient (Wildman–Crippen LogP) is 3.71. The molecule has 114 valence electrons. The number of nitrogens with zero attached hydrogens (tertiary/aromatic N) is 1. The van der Waals surface area contributed by atoms with Crippen molar-refractivity contribution in [3.63, 3.8) is 0 Å². The first kappa shape index (κ1) is 14.6. The van der Waals surface area contributed by atoms with Gasteiger partial charge in [0.15, 0.2) is 11.5 Å². The first-order valence-electron chi connectivity index (χ1n) is 6.59. The van der Waals surface area contributed by atoms with Crippen LogP contribution in [0.2, 0.25) is 0 Å². The second-order valence-corrected chi connectivity index (χ2v) is 5.48. The van der Waals surface area contributed by atoms with Crippen LogP contribution in [0, 0.1) is 10.1 Å². The third-order valence-corrected chi connectivity index (χ3v) is 3.89. The number of hydrogen-bond acceptors (Lipinski definition) is 5. The van der Waals surface area contributed by atoms with E-state index in [0.717, 1.165) is 10.0 Å². The Morgan fingerprint density at radius 2 is 1.77 bits per heavy atom. The third kappa shape index (κ3) is 3.14. The average Bonchev–Trinajstić information content (AvgIpc) is 2.53. The molecule has 1 aliphatic rings. The number of ether oxygens (including phenoxy) is 3. The Bertz CT molecular complexity index is 702. The molecule has 0 saturated carbocycles. The van der Waals surface area contributed by atoms with E-state index in [1.807, 2.05) is 12.1 Å². The van der Waals surface area contributed by atoms with E-state index >= 15 is 0 Å². The van der Waals surface area contributed by atoms with Crippen LogP contribution in [0.4, 0.5) is 5.69 Å². The molecule has 0 spiro atoms. The van der Waals surface area contributed by atoms with E-state index in [0.29, 0.717) is 37.1 Å². The summed E-state index contributed by atoms with van der Waals surface area (Å²) in [6.07, 6.45) is 0. The Kier molecular flexibility index (Phi) is 4.15. The number of non-ortho nitro benzene ring substituents is 1. The van der Waals surface area contributed by atoms with Crippen molar-refractivity contribution in [2.75, 3.05) is 13.2 Å². The summed E-state index contributed by atoms with van der Waals surface area (Å²) in [5, 5.41) is 10.6. The summed E-state index contributed by atoms with van der Waals surface area (Å²) in [6, 6.07) is 9.68. The lowest BCUT2D eigenvalue weighted by Gasteiger charge is -2.20. The minimum absolute atomic E-state index is 0.0351. The molecule has 0 N–H and O–H groups in total. The molecular weight excluding hydrogens is 354 g/mol. The number of fused-ring (bicyclic) bond motifs is 1. The van der Waals surface area contributed by atoms with Crippen LogP contribution in [0.1, 0.15) is 5.56 Å². The van der Waals surface area contributed by atoms with Crippen LogP contribution in [0.25, 0.3) is 0 Å². The lowest BCUT2D eigenvalue weighted by Crippen LogP contribution is -2.15. The highest BCUT2D eigenvalue weighted by atomic mass is 79.9. The molecule has 0 unspecified atom stereocenters. The van der Waals surface area contributed by atoms with E-state index < -0.39 is 4.92 Å². The van der Waals surface area contributed by atoms with Gasteiger partial charge in [-0.2, -0.15) is 0 Å². The highest BCUT2D eigenvalue weighted by Crippen LogP contribution is 2.36. The highest BCUT2D eigenvalue weighted by molar-refractivity contribution is 9.10. The molecule has 7 heteroatoms. The first-order valence-corrected chi connectivity index (χ1v) is 7.38. The molecule has 1 aliphatic heterocycles. The van der Waals surface area contributed by atoms with Crippen molar-refractivity contribution in [1.82, 2.24) is 0 Å². The van der Waals surface area contributed by atoms with Crippen LogP contribution < -0.4 is 14.2 Å². The summed E-state index contributed by atoms with van der Waals surface area (Å²) in [6.45, 7) is 1.38. The zero-order valence-electron chi connectivity index (χ0n) is 11.5. The Morgan fingerprint density at radius 3 is 2.41 bits per heavy atom. The van der Waals surface area contributed by atoms with Gasteiger partial charge in [0, 0.05) is 22.2 Å². The van der Waals surface area contributed by atoms with Crippen molar-refractivity contribution in [3.05, 3.63) is 56.5 Å². The van der Waals surface area contributed by atoms with Crippen molar-refractivity contribution < 1.29 is 19.1 Å². The summed E-state index contributed by atoms with van der Waals surface area (Å²) >= 11 is 3.47. The van der Waals surface area contributed by atoms with Gasteiger partial charge in [0.1, 0.15) is 25.6 Å². The molecule has 0 radical (unpaired) electrons. The lowest BCUT2D eigenvalue weighted by molar-refractivity contribution is -0.384. The maximum absolute atomic E-state index is 10.6. The molecule has 3 rings (SSSR count). The zero-order valence-corrected chi connectivity index (χ0v) is 13.0. The largest absolute Gasteiger partial charge is 0.489 e. The molecule has 1 heterocycles. The van der Waals surface area contributed by atoms with Gasteiger partial charge in [0.25, 0.3) is 5.69 Å². The van der Waals surface area contributed by atoms with Gasteiger partial charge < -0.3 is 14.2 Å². The average molecular weight is 366 g/mol. The number of nitro benzene ring substituents is 1. The highest BCUT2D eigenvalue weighted by Gasteiger charge is 2.15. The fourth-order valence-electron chi connectivity index (χ4n) is 2.04. The van der Waals surface area contributed by atoms with Gasteiger partial charge in [0.2, 0.25) is 0 Å². The Balaban J connectivity index is 1.72. The number of nitro groups is 1. The zero-order chi connectivity index (χ0) is 15.5. The monoisotopic (exact) mass is 365 g/mol. The third-order valence-electron chi connectivity index (χ3n) is 3.15. The first-order chi connectivity index (χ1) is 10.6. The van der Waals surface area contributed by atoms with Gasteiger partial charge in [0.05, 0.1) is 4.92 Å². The van der Waals surface area contributed by atoms with Gasteiger partial charge >= 0.3 is 0 Å². The standard InChI is InChI=1S/C15H12BrNO5/c16-13-8-15-14(20-5-6-21-15)7-10(13)9-22-12-3-1-11(2-4-12)17(18)19/h1-4,7-8H,5-6,9H2. The molecule has 0 atom stereocenters. The number of benzene rings is 2. The molecule has 22 heavy (non-hydrogen) atoms. The topological polar surface area (TPSA) is 70.8 Å². The quantitative estimate of drug-likeness (QED) is 0.610. The summed E-state index contributed by atoms with van der Waals surface area (Å²) < 4.78 is 17.5. The normalized spacial score (nSPS) is 12.8. The lowest BCUT2D eigenvalue weighted by atomic mass is 10.2. The Hall–Kier alpha value is -2.28. The Labute approximate surface area is 134 Å². The molecule has 0 fully saturated rings. The second-order valence-electron chi connectivity index (χ2n) is 4.63. The van der Waals surface area contributed by atoms with Gasteiger partial charge in [-0.05, 0) is 24.3 Å². The molecule has 2 aromatic carbocycles. The van der Waals surface area contributed by atoms with Crippen molar-refractivity contribution in [1.29, 1.82) is 0 Å². The van der Waals surface area contributed by atoms with Crippen molar-refractivity contribution >= 4 is 21.6 Å². The molecular formula is C15H12BrNO5. The number of halogens is 1. The predicted molar refractivity (Wildman–Crippen MR) is 82.6 cm³/mol. The summed E-state index contributed by atoms with van der Waals surface area (Å²) in [5.74, 6) is 1.96. The van der Waals surface area contributed by atoms with Gasteiger partial charge in [-0.15, -0.1) is 0 Å². The summed E-state index contributed by atoms with van der Waals surface area (Å²) in [4.78, 5) is 10.2. The molecule has 2 aromatic rings. The minimum Gasteiger partial charge on any atom is -0.489 e. The number of rotatable bonds is 4. The maximum Gasteiger partial charge on any atom is 0.269 e. The molecule has 0 aliphatic carbocycles. The van der Waals surface area contributed by atoms with Crippen LogP contribution in [-0.4, -0.2) is 18.1 Å². The molecule has 0 bridgehead atoms. The van der Waals surface area contributed by atoms with E-state index in [4.69, 9.17) is 14.2 Å². The van der Waals surface area contributed by atoms with Crippen LogP contribution in [0.15, 0.2) is 40.9 Å². The second kappa shape index (κ2) is 6.23.